The van der Waals surface area contributed by atoms with E-state index in [4.69, 9.17) is 4.74 Å². The first-order chi connectivity index (χ1) is 5.31. The Labute approximate surface area is 66.9 Å². The maximum atomic E-state index is 9.84. The molecule has 1 saturated carbocycles. The van der Waals surface area contributed by atoms with Gasteiger partial charge in [-0.1, -0.05) is 0 Å². The summed E-state index contributed by atoms with van der Waals surface area (Å²) in [5.74, 6) is 0.843. The van der Waals surface area contributed by atoms with Gasteiger partial charge in [-0.2, -0.15) is 0 Å². The second-order valence-corrected chi connectivity index (χ2v) is 3.44. The molecule has 2 nitrogen and oxygen atoms in total. The van der Waals surface area contributed by atoms with Gasteiger partial charge in [-0.15, -0.1) is 0 Å². The third-order valence-electron chi connectivity index (χ3n) is 2.58. The predicted octanol–water partition coefficient (Wildman–Crippen LogP) is 1.60. The minimum absolute atomic E-state index is 0.569. The molecule has 0 radical (unpaired) electrons. The fraction of sp³-hybridized carbons (Fsp3) is 0.778. The number of hydrogen-bond acceptors (Lipinski definition) is 2. The molecule has 2 heteroatoms. The molecule has 1 fully saturated rings. The van der Waals surface area contributed by atoms with Gasteiger partial charge in [0.1, 0.15) is 11.4 Å². The van der Waals surface area contributed by atoms with Crippen LogP contribution in [0.3, 0.4) is 0 Å². The lowest BCUT2D eigenvalue weighted by atomic mass is 9.78. The average Bonchev–Trinajstić information content (AvgIpc) is 2.02. The van der Waals surface area contributed by atoms with Crippen LogP contribution in [0.4, 0.5) is 0 Å². The molecular formula is C9H14O2. The van der Waals surface area contributed by atoms with Gasteiger partial charge in [-0.3, -0.25) is 0 Å². The van der Waals surface area contributed by atoms with Crippen molar-refractivity contribution in [1.29, 1.82) is 0 Å². The molecule has 0 aromatic rings. The van der Waals surface area contributed by atoms with Crippen molar-refractivity contribution in [3.05, 3.63) is 11.8 Å². The highest BCUT2D eigenvalue weighted by Gasteiger charge is 2.40. The van der Waals surface area contributed by atoms with E-state index in [1.165, 1.54) is 0 Å². The van der Waals surface area contributed by atoms with Gasteiger partial charge in [0.2, 0.25) is 0 Å². The van der Waals surface area contributed by atoms with Crippen LogP contribution >= 0.6 is 0 Å². The average molecular weight is 154 g/mol. The van der Waals surface area contributed by atoms with Crippen LogP contribution in [-0.2, 0) is 4.74 Å². The number of hydrogen-bond donors (Lipinski definition) is 1. The van der Waals surface area contributed by atoms with Crippen LogP contribution in [0.5, 0.6) is 0 Å². The van der Waals surface area contributed by atoms with Gasteiger partial charge in [0, 0.05) is 0 Å². The summed E-state index contributed by atoms with van der Waals surface area (Å²) in [5.41, 5.74) is -0.569. The highest BCUT2D eigenvalue weighted by atomic mass is 16.5. The largest absolute Gasteiger partial charge is 0.495 e. The smallest absolute Gasteiger partial charge is 0.124 e. The summed E-state index contributed by atoms with van der Waals surface area (Å²) in [6.07, 6.45) is 7.12. The van der Waals surface area contributed by atoms with Crippen LogP contribution in [0.15, 0.2) is 11.8 Å². The van der Waals surface area contributed by atoms with Crippen LogP contribution < -0.4 is 0 Å². The molecule has 0 aromatic carbocycles. The molecule has 62 valence electrons. The Hall–Kier alpha value is -0.500. The fourth-order valence-electron chi connectivity index (χ4n) is 1.64. The molecule has 0 atom stereocenters. The molecule has 0 spiro atoms. The quantitative estimate of drug-likeness (QED) is 0.621. The highest BCUT2D eigenvalue weighted by Crippen LogP contribution is 2.39. The number of ether oxygens (including phenoxy) is 1. The van der Waals surface area contributed by atoms with Crippen molar-refractivity contribution in [2.45, 2.75) is 37.7 Å². The Morgan fingerprint density at radius 3 is 2.64 bits per heavy atom. The van der Waals surface area contributed by atoms with E-state index in [0.29, 0.717) is 0 Å². The van der Waals surface area contributed by atoms with Gasteiger partial charge in [-0.05, 0) is 38.2 Å². The molecule has 0 saturated heterocycles. The van der Waals surface area contributed by atoms with Crippen molar-refractivity contribution < 1.29 is 9.84 Å². The molecule has 11 heavy (non-hydrogen) atoms. The molecule has 2 rings (SSSR count). The summed E-state index contributed by atoms with van der Waals surface area (Å²) in [6.45, 7) is 0.786. The molecule has 0 amide bonds. The number of allylic oxidation sites excluding steroid dienone is 1. The van der Waals surface area contributed by atoms with E-state index in [1.54, 1.807) is 0 Å². The zero-order valence-corrected chi connectivity index (χ0v) is 6.68. The van der Waals surface area contributed by atoms with Crippen molar-refractivity contribution in [3.8, 4) is 0 Å². The normalized spacial score (nSPS) is 28.3. The molecule has 0 unspecified atom stereocenters. The van der Waals surface area contributed by atoms with E-state index >= 15 is 0 Å². The van der Waals surface area contributed by atoms with Crippen LogP contribution in [0.2, 0.25) is 0 Å². The summed E-state index contributed by atoms with van der Waals surface area (Å²) in [7, 11) is 0. The Balaban J connectivity index is 2.07. The van der Waals surface area contributed by atoms with Crippen LogP contribution in [0.1, 0.15) is 32.1 Å². The van der Waals surface area contributed by atoms with Gasteiger partial charge in [0.15, 0.2) is 0 Å². The summed E-state index contributed by atoms with van der Waals surface area (Å²) in [6, 6.07) is 0. The lowest BCUT2D eigenvalue weighted by molar-refractivity contribution is -0.0515. The van der Waals surface area contributed by atoms with E-state index in [2.05, 4.69) is 0 Å². The Kier molecular flexibility index (Phi) is 1.64. The molecular weight excluding hydrogens is 140 g/mol. The molecule has 1 heterocycles. The summed E-state index contributed by atoms with van der Waals surface area (Å²) in [4.78, 5) is 0. The monoisotopic (exact) mass is 154 g/mol. The van der Waals surface area contributed by atoms with E-state index in [1.807, 2.05) is 6.08 Å². The maximum absolute atomic E-state index is 9.84. The first-order valence-electron chi connectivity index (χ1n) is 4.37. The van der Waals surface area contributed by atoms with Gasteiger partial charge in [-0.25, -0.2) is 0 Å². The Bertz CT molecular complexity index is 180. The zero-order chi connectivity index (χ0) is 7.73. The molecule has 1 aliphatic carbocycles. The van der Waals surface area contributed by atoms with Crippen LogP contribution in [0.25, 0.3) is 0 Å². The summed E-state index contributed by atoms with van der Waals surface area (Å²) in [5, 5.41) is 9.84. The van der Waals surface area contributed by atoms with Crippen molar-refractivity contribution in [3.63, 3.8) is 0 Å². The minimum Gasteiger partial charge on any atom is -0.495 e. The number of rotatable bonds is 1. The lowest BCUT2D eigenvalue weighted by Crippen LogP contribution is -2.40. The van der Waals surface area contributed by atoms with Crippen molar-refractivity contribution in [2.75, 3.05) is 6.61 Å². The third-order valence-corrected chi connectivity index (χ3v) is 2.58. The third kappa shape index (κ3) is 1.16. The van der Waals surface area contributed by atoms with E-state index in [-0.39, 0.29) is 0 Å². The molecule has 0 aromatic heterocycles. The SMILES string of the molecule is OC1(C2=CCCCO2)CCC1. The Morgan fingerprint density at radius 1 is 1.36 bits per heavy atom. The van der Waals surface area contributed by atoms with E-state index in [9.17, 15) is 5.11 Å². The molecule has 0 bridgehead atoms. The summed E-state index contributed by atoms with van der Waals surface area (Å²) >= 11 is 0. The van der Waals surface area contributed by atoms with Crippen molar-refractivity contribution in [2.24, 2.45) is 0 Å². The van der Waals surface area contributed by atoms with Crippen molar-refractivity contribution in [1.82, 2.24) is 0 Å². The standard InChI is InChI=1S/C9H14O2/c10-9(5-3-6-9)8-4-1-2-7-11-8/h4,10H,1-3,5-7H2. The summed E-state index contributed by atoms with van der Waals surface area (Å²) < 4.78 is 5.40. The van der Waals surface area contributed by atoms with Gasteiger partial charge < -0.3 is 9.84 Å². The van der Waals surface area contributed by atoms with E-state index < -0.39 is 5.60 Å². The van der Waals surface area contributed by atoms with Gasteiger partial charge in [0.05, 0.1) is 6.61 Å². The van der Waals surface area contributed by atoms with Crippen LogP contribution in [-0.4, -0.2) is 17.3 Å². The molecule has 1 aliphatic heterocycles. The lowest BCUT2D eigenvalue weighted by Gasteiger charge is -2.39. The molecule has 1 N–H and O–H groups in total. The fourth-order valence-corrected chi connectivity index (χ4v) is 1.64. The minimum atomic E-state index is -0.569. The van der Waals surface area contributed by atoms with E-state index in [0.717, 1.165) is 44.5 Å². The van der Waals surface area contributed by atoms with Gasteiger partial charge >= 0.3 is 0 Å². The molecule has 2 aliphatic rings. The first-order valence-corrected chi connectivity index (χ1v) is 4.37. The predicted molar refractivity (Wildman–Crippen MR) is 42.1 cm³/mol. The first kappa shape index (κ1) is 7.17. The van der Waals surface area contributed by atoms with Gasteiger partial charge in [0.25, 0.3) is 0 Å². The van der Waals surface area contributed by atoms with Crippen molar-refractivity contribution >= 4 is 0 Å². The second kappa shape index (κ2) is 2.52. The van der Waals surface area contributed by atoms with Crippen LogP contribution in [0, 0.1) is 0 Å². The Morgan fingerprint density at radius 2 is 2.18 bits per heavy atom. The topological polar surface area (TPSA) is 29.5 Å². The highest BCUT2D eigenvalue weighted by molar-refractivity contribution is 5.15. The number of aliphatic hydroxyl groups is 1. The maximum Gasteiger partial charge on any atom is 0.124 e. The second-order valence-electron chi connectivity index (χ2n) is 3.44. The zero-order valence-electron chi connectivity index (χ0n) is 6.68.